The summed E-state index contributed by atoms with van der Waals surface area (Å²) in [5.41, 5.74) is 23.4. The first kappa shape index (κ1) is 93.3. The highest BCUT2D eigenvalue weighted by Gasteiger charge is 2.07. The van der Waals surface area contributed by atoms with Crippen LogP contribution in [0.1, 0.15) is 57.3 Å². The summed E-state index contributed by atoms with van der Waals surface area (Å²) < 4.78 is 0. The molecular formula is C105H95N25. The molecule has 0 aliphatic rings. The SMILES string of the molecule is Cc1cc(-c2ccccn2)ccn1.Cc1cc(-c2cccnc2)ccn1.Cc1cc(-c2ccncc2)ccn1.Cc1ccnc(-c2ccccc2)n1.Cc1ccnc(-c2ccccn2)n1.Cc1ccnc(-c2cccnc2)n1.Cc1ccnc(-c2ccncc2)n1.Cc1nccc(-c2ccccc2)n1.Cc1nccc(-c2ccccn2)n1.Cc1nccc(-c2cccnc2)n1. The van der Waals surface area contributed by atoms with E-state index in [0.29, 0.717) is 5.82 Å². The molecule has 25 heteroatoms. The van der Waals surface area contributed by atoms with Gasteiger partial charge in [0.1, 0.15) is 23.2 Å². The standard InChI is InChI=1S/5C11H10N2.5C10H9N3/c1-9-8-11(4-7-13-9)10-2-5-12-6-3-10;1-9-7-10(4-6-13-9)11-3-2-5-12-8-11;1-9-8-10(5-7-12-9)11-4-2-3-6-13-11;1-9-12-8-7-11(13-9)10-5-3-2-4-6-10;1-9-7-8-12-11(13-9)10-5-3-2-4-6-10;1-8-2-7-12-10(13-8)9-3-5-11-6-4-9;1-8-12-6-4-10(13-8)9-3-2-5-11-7-9;1-8-4-6-12-10(13-8)9-3-2-5-11-7-9;1-8-11-7-5-10(13-8)9-4-2-3-6-12-9;1-8-5-7-12-10(13-8)9-4-2-3-6-11-9/h5*2-8H,1H3;5*2-7H,1H3. The fraction of sp³-hybridized carbons (Fsp3) is 0.0952. The number of hydrogen-bond donors (Lipinski definition) is 0. The van der Waals surface area contributed by atoms with E-state index in [2.05, 4.69) is 137 Å². The molecule has 25 nitrogen and oxygen atoms in total. The van der Waals surface area contributed by atoms with Gasteiger partial charge in [0.25, 0.3) is 0 Å². The van der Waals surface area contributed by atoms with Crippen LogP contribution < -0.4 is 0 Å². The number of hydrogen-bond acceptors (Lipinski definition) is 25. The molecule has 18 aromatic heterocycles. The number of rotatable bonds is 10. The van der Waals surface area contributed by atoms with Gasteiger partial charge in [-0.05, 0) is 256 Å². The summed E-state index contributed by atoms with van der Waals surface area (Å²) in [6.07, 6.45) is 40.8. The Morgan fingerprint density at radius 2 is 0.454 bits per heavy atom. The third-order valence-electron chi connectivity index (χ3n) is 17.9. The van der Waals surface area contributed by atoms with Gasteiger partial charge >= 0.3 is 0 Å². The van der Waals surface area contributed by atoms with Crippen LogP contribution in [0.25, 0.3) is 113 Å². The molecule has 20 rings (SSSR count). The van der Waals surface area contributed by atoms with Crippen molar-refractivity contribution >= 4 is 0 Å². The number of aromatic nitrogens is 25. The summed E-state index contributed by atoms with van der Waals surface area (Å²) >= 11 is 0. The van der Waals surface area contributed by atoms with Crippen LogP contribution in [0.4, 0.5) is 0 Å². The van der Waals surface area contributed by atoms with E-state index < -0.39 is 0 Å². The van der Waals surface area contributed by atoms with Crippen molar-refractivity contribution in [2.75, 3.05) is 0 Å². The second-order valence-corrected chi connectivity index (χ2v) is 28.2. The second-order valence-electron chi connectivity index (χ2n) is 28.2. The highest BCUT2D eigenvalue weighted by Crippen LogP contribution is 2.23. The summed E-state index contributed by atoms with van der Waals surface area (Å²) in [4.78, 5) is 104. The number of aryl methyl sites for hydroxylation is 10. The van der Waals surface area contributed by atoms with Gasteiger partial charge < -0.3 is 0 Å². The molecule has 0 amide bonds. The van der Waals surface area contributed by atoms with Crippen molar-refractivity contribution in [3.63, 3.8) is 0 Å². The van der Waals surface area contributed by atoms with Crippen LogP contribution in [0.15, 0.2) is 397 Å². The maximum absolute atomic E-state index is 4.33. The first-order valence-electron chi connectivity index (χ1n) is 41.3. The molecule has 0 bridgehead atoms. The molecule has 0 unspecified atom stereocenters. The Bertz CT molecular complexity index is 5320. The predicted molar refractivity (Wildman–Crippen MR) is 511 cm³/mol. The normalized spacial score (nSPS) is 9.92. The van der Waals surface area contributed by atoms with E-state index in [9.17, 15) is 0 Å². The lowest BCUT2D eigenvalue weighted by atomic mass is 10.1. The molecule has 18 heterocycles. The summed E-state index contributed by atoms with van der Waals surface area (Å²) in [5, 5.41) is 0. The Hall–Kier alpha value is -17.4. The second kappa shape index (κ2) is 51.7. The first-order chi connectivity index (χ1) is 63.6. The van der Waals surface area contributed by atoms with Crippen LogP contribution in [0.5, 0.6) is 0 Å². The van der Waals surface area contributed by atoms with Crippen LogP contribution in [-0.4, -0.2) is 125 Å². The van der Waals surface area contributed by atoms with Gasteiger partial charge in [-0.1, -0.05) is 84.9 Å². The van der Waals surface area contributed by atoms with Crippen LogP contribution in [0, 0.1) is 69.2 Å². The Morgan fingerprint density at radius 3 is 0.877 bits per heavy atom. The van der Waals surface area contributed by atoms with Crippen LogP contribution in [-0.2, 0) is 0 Å². The minimum atomic E-state index is 0.681. The molecule has 0 radical (unpaired) electrons. The van der Waals surface area contributed by atoms with Gasteiger partial charge in [-0.2, -0.15) is 0 Å². The van der Waals surface area contributed by atoms with E-state index in [0.717, 1.165) is 148 Å². The third-order valence-corrected chi connectivity index (χ3v) is 17.9. The molecule has 0 spiro atoms. The van der Waals surface area contributed by atoms with Gasteiger partial charge in [-0.3, -0.25) is 54.8 Å². The summed E-state index contributed by atoms with van der Waals surface area (Å²) in [6.45, 7) is 19.4. The zero-order valence-electron chi connectivity index (χ0n) is 73.7. The quantitative estimate of drug-likeness (QED) is 0.123. The van der Waals surface area contributed by atoms with Crippen molar-refractivity contribution in [2.45, 2.75) is 69.2 Å². The molecule has 20 aromatic rings. The molecule has 640 valence electrons. The van der Waals surface area contributed by atoms with Crippen molar-refractivity contribution in [1.82, 2.24) is 125 Å². The van der Waals surface area contributed by atoms with Crippen LogP contribution in [0.2, 0.25) is 0 Å². The fourth-order valence-corrected chi connectivity index (χ4v) is 11.7. The zero-order valence-corrected chi connectivity index (χ0v) is 73.7. The van der Waals surface area contributed by atoms with Crippen molar-refractivity contribution < 1.29 is 0 Å². The molecule has 0 fully saturated rings. The van der Waals surface area contributed by atoms with E-state index in [4.69, 9.17) is 0 Å². The van der Waals surface area contributed by atoms with Gasteiger partial charge in [0.2, 0.25) is 0 Å². The molecule has 0 N–H and O–H groups in total. The van der Waals surface area contributed by atoms with E-state index in [1.165, 1.54) is 16.7 Å². The lowest BCUT2D eigenvalue weighted by molar-refractivity contribution is 1.05. The van der Waals surface area contributed by atoms with E-state index in [1.807, 2.05) is 330 Å². The lowest BCUT2D eigenvalue weighted by Crippen LogP contribution is -1.91. The highest BCUT2D eigenvalue weighted by molar-refractivity contribution is 5.65. The van der Waals surface area contributed by atoms with Gasteiger partial charge in [0.15, 0.2) is 23.3 Å². The minimum absolute atomic E-state index is 0.681. The molecule has 0 saturated heterocycles. The number of benzene rings is 2. The topological polar surface area (TPSA) is 322 Å². The van der Waals surface area contributed by atoms with E-state index in [-0.39, 0.29) is 0 Å². The summed E-state index contributed by atoms with van der Waals surface area (Å²) in [5.74, 6) is 5.31. The first-order valence-corrected chi connectivity index (χ1v) is 41.3. The molecule has 0 saturated carbocycles. The smallest absolute Gasteiger partial charge is 0.178 e. The summed E-state index contributed by atoms with van der Waals surface area (Å²) in [7, 11) is 0. The predicted octanol–water partition coefficient (Wildman–Crippen LogP) is 21.5. The highest BCUT2D eigenvalue weighted by atomic mass is 14.9. The third kappa shape index (κ3) is 32.4. The molecule has 0 atom stereocenters. The Kier molecular flexibility index (Phi) is 37.1. The minimum Gasteiger partial charge on any atom is -0.265 e. The maximum Gasteiger partial charge on any atom is 0.178 e. The van der Waals surface area contributed by atoms with Crippen molar-refractivity contribution in [2.24, 2.45) is 0 Å². The van der Waals surface area contributed by atoms with Gasteiger partial charge in [-0.15, -0.1) is 0 Å². The van der Waals surface area contributed by atoms with E-state index in [1.54, 1.807) is 124 Å². The average molecular weight is 1710 g/mol. The monoisotopic (exact) mass is 1710 g/mol. The van der Waals surface area contributed by atoms with Crippen molar-refractivity contribution in [3.8, 4) is 113 Å². The molecule has 130 heavy (non-hydrogen) atoms. The largest absolute Gasteiger partial charge is 0.265 e. The van der Waals surface area contributed by atoms with Gasteiger partial charge in [0, 0.05) is 221 Å². The lowest BCUT2D eigenvalue weighted by Gasteiger charge is -2.00. The molecule has 0 aliphatic carbocycles. The molecule has 2 aromatic carbocycles. The Labute approximate surface area is 757 Å². The van der Waals surface area contributed by atoms with Crippen LogP contribution in [0.3, 0.4) is 0 Å². The Balaban J connectivity index is 0.000000140. The van der Waals surface area contributed by atoms with Crippen molar-refractivity contribution in [3.05, 3.63) is 455 Å². The van der Waals surface area contributed by atoms with Crippen LogP contribution >= 0.6 is 0 Å². The van der Waals surface area contributed by atoms with Gasteiger partial charge in [-0.25, -0.2) is 69.8 Å². The maximum atomic E-state index is 4.33. The van der Waals surface area contributed by atoms with E-state index >= 15 is 0 Å². The fourth-order valence-electron chi connectivity index (χ4n) is 11.7. The summed E-state index contributed by atoms with van der Waals surface area (Å²) in [6, 6.07) is 82.2. The molecule has 0 aliphatic heterocycles. The average Bonchev–Trinajstić information content (AvgIpc) is 0.928. The van der Waals surface area contributed by atoms with Crippen molar-refractivity contribution in [1.29, 1.82) is 0 Å². The number of nitrogens with zero attached hydrogens (tertiary/aromatic N) is 25. The zero-order chi connectivity index (χ0) is 91.0. The Morgan fingerprint density at radius 1 is 0.138 bits per heavy atom. The molecular weight excluding hydrogens is 1610 g/mol. The van der Waals surface area contributed by atoms with Gasteiger partial charge in [0.05, 0.1) is 28.5 Å². The number of pyridine rings is 11.